The van der Waals surface area contributed by atoms with Gasteiger partial charge in [0.15, 0.2) is 0 Å². The number of carbonyl (C=O) groups is 3. The van der Waals surface area contributed by atoms with Crippen molar-refractivity contribution in [3.63, 3.8) is 0 Å². The van der Waals surface area contributed by atoms with E-state index in [2.05, 4.69) is 15.5 Å². The van der Waals surface area contributed by atoms with Gasteiger partial charge in [0.2, 0.25) is 11.8 Å². The Labute approximate surface area is 194 Å². The van der Waals surface area contributed by atoms with Crippen LogP contribution in [0.4, 0.5) is 5.00 Å². The molecule has 0 bridgehead atoms. The minimum atomic E-state index is -0.366. The summed E-state index contributed by atoms with van der Waals surface area (Å²) in [5.41, 5.74) is 1.60. The summed E-state index contributed by atoms with van der Waals surface area (Å²) in [7, 11) is 1.39. The van der Waals surface area contributed by atoms with Crippen molar-refractivity contribution in [2.75, 3.05) is 32.1 Å². The highest BCUT2D eigenvalue weighted by Crippen LogP contribution is 2.38. The Hall–Kier alpha value is -1.93. The zero-order valence-electron chi connectivity index (χ0n) is 19.0. The van der Waals surface area contributed by atoms with Gasteiger partial charge in [-0.3, -0.25) is 14.5 Å². The van der Waals surface area contributed by atoms with E-state index in [1.165, 1.54) is 29.7 Å². The van der Waals surface area contributed by atoms with Gasteiger partial charge < -0.3 is 15.4 Å². The molecule has 1 saturated heterocycles. The van der Waals surface area contributed by atoms with Crippen molar-refractivity contribution in [2.45, 2.75) is 76.7 Å². The largest absolute Gasteiger partial charge is 0.465 e. The van der Waals surface area contributed by atoms with Gasteiger partial charge in [-0.15, -0.1) is 11.3 Å². The van der Waals surface area contributed by atoms with Crippen molar-refractivity contribution in [1.29, 1.82) is 0 Å². The molecular weight excluding hydrogens is 426 g/mol. The molecule has 0 unspecified atom stereocenters. The van der Waals surface area contributed by atoms with Crippen molar-refractivity contribution in [1.82, 2.24) is 10.2 Å². The van der Waals surface area contributed by atoms with Gasteiger partial charge in [-0.2, -0.15) is 0 Å². The number of methoxy groups -OCH3 is 1. The van der Waals surface area contributed by atoms with Crippen LogP contribution in [0.5, 0.6) is 0 Å². The lowest BCUT2D eigenvalue weighted by Crippen LogP contribution is -2.48. The highest BCUT2D eigenvalue weighted by atomic mass is 32.1. The molecule has 176 valence electrons. The fourth-order valence-corrected chi connectivity index (χ4v) is 6.55. The van der Waals surface area contributed by atoms with Gasteiger partial charge >= 0.3 is 5.97 Å². The topological polar surface area (TPSA) is 87.7 Å². The number of carbonyl (C=O) groups excluding carboxylic acids is 3. The first-order valence-electron chi connectivity index (χ1n) is 12.1. The van der Waals surface area contributed by atoms with Crippen molar-refractivity contribution < 1.29 is 19.1 Å². The molecule has 32 heavy (non-hydrogen) atoms. The van der Waals surface area contributed by atoms with Gasteiger partial charge in [-0.1, -0.05) is 19.3 Å². The van der Waals surface area contributed by atoms with E-state index >= 15 is 0 Å². The third-order valence-corrected chi connectivity index (χ3v) is 8.30. The Morgan fingerprint density at radius 1 is 1.00 bits per heavy atom. The van der Waals surface area contributed by atoms with Crippen LogP contribution in [-0.2, 0) is 27.2 Å². The van der Waals surface area contributed by atoms with Crippen molar-refractivity contribution in [3.05, 3.63) is 16.0 Å². The van der Waals surface area contributed by atoms with Crippen LogP contribution in [0.1, 0.15) is 78.6 Å². The van der Waals surface area contributed by atoms with E-state index in [4.69, 9.17) is 4.74 Å². The number of rotatable bonds is 6. The number of ether oxygens (including phenoxy) is 1. The number of fused-ring (bicyclic) bond motifs is 1. The van der Waals surface area contributed by atoms with Crippen LogP contribution < -0.4 is 10.6 Å². The summed E-state index contributed by atoms with van der Waals surface area (Å²) in [6.45, 7) is 1.87. The first kappa shape index (κ1) is 23.2. The van der Waals surface area contributed by atoms with Crippen LogP contribution in [0.15, 0.2) is 0 Å². The number of nitrogens with zero attached hydrogens (tertiary/aromatic N) is 1. The number of nitrogens with one attached hydrogen (secondary N) is 2. The molecular formula is C24H35N3O4S. The molecule has 0 aromatic carbocycles. The second kappa shape index (κ2) is 10.8. The molecule has 2 N–H and O–H groups in total. The van der Waals surface area contributed by atoms with E-state index in [1.54, 1.807) is 0 Å². The number of hydrogen-bond acceptors (Lipinski definition) is 6. The smallest absolute Gasteiger partial charge is 0.341 e. The van der Waals surface area contributed by atoms with Gasteiger partial charge in [0.25, 0.3) is 0 Å². The lowest BCUT2D eigenvalue weighted by Gasteiger charge is -2.33. The van der Waals surface area contributed by atoms with E-state index in [9.17, 15) is 14.4 Å². The molecule has 8 heteroatoms. The zero-order chi connectivity index (χ0) is 22.5. The summed E-state index contributed by atoms with van der Waals surface area (Å²) < 4.78 is 4.99. The van der Waals surface area contributed by atoms with Gasteiger partial charge in [0.05, 0.1) is 19.2 Å². The normalized spacial score (nSPS) is 20.4. The standard InChI is InChI=1S/C24H35N3O4S/c1-31-24(30)21-18-9-5-6-10-19(18)32-23(21)26-20(28)15-27-13-11-17(12-14-27)25-22(29)16-7-3-2-4-8-16/h16-17H,2-15H2,1H3,(H,25,29)(H,26,28). The number of aryl methyl sites for hydroxylation is 1. The number of thiophene rings is 1. The number of esters is 1. The summed E-state index contributed by atoms with van der Waals surface area (Å²) in [6, 6.07) is 0.207. The predicted octanol–water partition coefficient (Wildman–Crippen LogP) is 3.51. The minimum absolute atomic E-state index is 0.0987. The Kier molecular flexibility index (Phi) is 7.84. The van der Waals surface area contributed by atoms with Gasteiger partial charge in [-0.25, -0.2) is 4.79 Å². The Balaban J connectivity index is 1.27. The quantitative estimate of drug-likeness (QED) is 0.633. The van der Waals surface area contributed by atoms with Crippen LogP contribution in [0.25, 0.3) is 0 Å². The monoisotopic (exact) mass is 461 g/mol. The van der Waals surface area contributed by atoms with Gasteiger partial charge in [-0.05, 0) is 56.9 Å². The predicted molar refractivity (Wildman–Crippen MR) is 125 cm³/mol. The summed E-state index contributed by atoms with van der Waals surface area (Å²) in [4.78, 5) is 40.9. The number of anilines is 1. The molecule has 1 aromatic rings. The maximum Gasteiger partial charge on any atom is 0.341 e. The number of likely N-dealkylation sites (tertiary alicyclic amines) is 1. The first-order valence-corrected chi connectivity index (χ1v) is 12.9. The van der Waals surface area contributed by atoms with Crippen molar-refractivity contribution in [3.8, 4) is 0 Å². The maximum absolute atomic E-state index is 12.8. The summed E-state index contributed by atoms with van der Waals surface area (Å²) in [6.07, 6.45) is 11.4. The van der Waals surface area contributed by atoms with Crippen molar-refractivity contribution in [2.24, 2.45) is 5.92 Å². The van der Waals surface area contributed by atoms with E-state index in [-0.39, 0.29) is 29.7 Å². The summed E-state index contributed by atoms with van der Waals surface area (Å²) in [5, 5.41) is 6.85. The number of piperidine rings is 1. The van der Waals surface area contributed by atoms with Crippen LogP contribution >= 0.6 is 11.3 Å². The molecule has 7 nitrogen and oxygen atoms in total. The van der Waals surface area contributed by atoms with Gasteiger partial charge in [0.1, 0.15) is 5.00 Å². The lowest BCUT2D eigenvalue weighted by atomic mass is 9.88. The first-order chi connectivity index (χ1) is 15.5. The third-order valence-electron chi connectivity index (χ3n) is 7.09. The van der Waals surface area contributed by atoms with Crippen LogP contribution in [-0.4, -0.2) is 55.5 Å². The number of hydrogen-bond donors (Lipinski definition) is 2. The lowest BCUT2D eigenvalue weighted by molar-refractivity contribution is -0.127. The molecule has 2 heterocycles. The second-order valence-corrected chi connectivity index (χ2v) is 10.5. The second-order valence-electron chi connectivity index (χ2n) is 9.35. The molecule has 2 aliphatic carbocycles. The molecule has 1 saturated carbocycles. The summed E-state index contributed by atoms with van der Waals surface area (Å²) in [5.74, 6) is -0.0567. The fourth-order valence-electron chi connectivity index (χ4n) is 5.26. The number of amides is 2. The van der Waals surface area contributed by atoms with E-state index in [0.717, 1.165) is 82.9 Å². The van der Waals surface area contributed by atoms with Crippen LogP contribution in [0.3, 0.4) is 0 Å². The Morgan fingerprint density at radius 3 is 2.44 bits per heavy atom. The van der Waals surface area contributed by atoms with Crippen molar-refractivity contribution >= 4 is 34.1 Å². The van der Waals surface area contributed by atoms with Gasteiger partial charge in [0, 0.05) is 29.9 Å². The Bertz CT molecular complexity index is 839. The minimum Gasteiger partial charge on any atom is -0.465 e. The third kappa shape index (κ3) is 5.52. The highest BCUT2D eigenvalue weighted by molar-refractivity contribution is 7.17. The molecule has 3 aliphatic rings. The van der Waals surface area contributed by atoms with E-state index in [1.807, 2.05) is 0 Å². The molecule has 1 aliphatic heterocycles. The van der Waals surface area contributed by atoms with E-state index in [0.29, 0.717) is 17.1 Å². The maximum atomic E-state index is 12.8. The summed E-state index contributed by atoms with van der Waals surface area (Å²) >= 11 is 1.52. The van der Waals surface area contributed by atoms with Crippen LogP contribution in [0.2, 0.25) is 0 Å². The molecule has 2 amide bonds. The Morgan fingerprint density at radius 2 is 1.72 bits per heavy atom. The van der Waals surface area contributed by atoms with Crippen LogP contribution in [0, 0.1) is 5.92 Å². The average Bonchev–Trinajstić information content (AvgIpc) is 3.18. The molecule has 0 spiro atoms. The zero-order valence-corrected chi connectivity index (χ0v) is 19.9. The molecule has 0 radical (unpaired) electrons. The molecule has 4 rings (SSSR count). The average molecular weight is 462 g/mol. The fraction of sp³-hybridized carbons (Fsp3) is 0.708. The SMILES string of the molecule is COC(=O)c1c(NC(=O)CN2CCC(NC(=O)C3CCCCC3)CC2)sc2c1CCCC2. The van der Waals surface area contributed by atoms with E-state index < -0.39 is 0 Å². The molecule has 0 atom stereocenters. The highest BCUT2D eigenvalue weighted by Gasteiger charge is 2.29. The molecule has 1 aromatic heterocycles. The molecule has 2 fully saturated rings.